The first kappa shape index (κ1) is 16.0. The Hall–Kier alpha value is -1.35. The number of nitrogens with one attached hydrogen (secondary N) is 1. The zero-order valence-corrected chi connectivity index (χ0v) is 13.5. The second-order valence-corrected chi connectivity index (χ2v) is 6.29. The quantitative estimate of drug-likeness (QED) is 0.902. The van der Waals surface area contributed by atoms with Crippen LogP contribution in [0.15, 0.2) is 30.3 Å². The molecular formula is C18H28N2O. The molecule has 116 valence electrons. The summed E-state index contributed by atoms with van der Waals surface area (Å²) in [5.74, 6) is 0.514. The number of nitrogens with zero attached hydrogens (tertiary/aromatic N) is 1. The molecule has 3 nitrogen and oxygen atoms in total. The van der Waals surface area contributed by atoms with E-state index in [4.69, 9.17) is 0 Å². The van der Waals surface area contributed by atoms with Crippen molar-refractivity contribution in [2.24, 2.45) is 5.92 Å². The molecule has 0 spiro atoms. The van der Waals surface area contributed by atoms with Gasteiger partial charge in [0.05, 0.1) is 0 Å². The van der Waals surface area contributed by atoms with Gasteiger partial charge in [0.2, 0.25) is 5.91 Å². The number of benzene rings is 1. The fraction of sp³-hybridized carbons (Fsp3) is 0.611. The highest BCUT2D eigenvalue weighted by Gasteiger charge is 2.30. The molecule has 0 aromatic heterocycles. The largest absolute Gasteiger partial charge is 0.335 e. The van der Waals surface area contributed by atoms with Crippen LogP contribution in [-0.4, -0.2) is 29.4 Å². The van der Waals surface area contributed by atoms with Gasteiger partial charge in [-0.05, 0) is 45.2 Å². The molecular weight excluding hydrogens is 260 g/mol. The normalized spacial score (nSPS) is 23.6. The van der Waals surface area contributed by atoms with Crippen molar-refractivity contribution in [1.29, 1.82) is 0 Å². The highest BCUT2D eigenvalue weighted by atomic mass is 16.2. The van der Waals surface area contributed by atoms with Crippen molar-refractivity contribution in [2.75, 3.05) is 6.54 Å². The van der Waals surface area contributed by atoms with Crippen LogP contribution in [0.4, 0.5) is 0 Å². The van der Waals surface area contributed by atoms with Crippen LogP contribution in [0.1, 0.15) is 45.6 Å². The van der Waals surface area contributed by atoms with E-state index in [0.717, 1.165) is 32.4 Å². The van der Waals surface area contributed by atoms with Gasteiger partial charge >= 0.3 is 0 Å². The Morgan fingerprint density at radius 3 is 2.71 bits per heavy atom. The van der Waals surface area contributed by atoms with Crippen LogP contribution in [0.5, 0.6) is 0 Å². The van der Waals surface area contributed by atoms with E-state index in [9.17, 15) is 4.79 Å². The van der Waals surface area contributed by atoms with Crippen molar-refractivity contribution >= 4 is 5.91 Å². The summed E-state index contributed by atoms with van der Waals surface area (Å²) in [5, 5.41) is 3.43. The number of carbonyl (C=O) groups excluding carboxylic acids is 1. The lowest BCUT2D eigenvalue weighted by molar-refractivity contribution is -0.139. The second kappa shape index (κ2) is 7.60. The first-order chi connectivity index (χ1) is 10.1. The van der Waals surface area contributed by atoms with E-state index >= 15 is 0 Å². The smallest absolute Gasteiger partial charge is 0.226 e. The number of hydrogen-bond donors (Lipinski definition) is 1. The zero-order chi connectivity index (χ0) is 15.2. The van der Waals surface area contributed by atoms with E-state index in [0.29, 0.717) is 18.0 Å². The third kappa shape index (κ3) is 4.31. The Bertz CT molecular complexity index is 446. The molecule has 1 unspecified atom stereocenters. The third-order valence-electron chi connectivity index (χ3n) is 4.57. The molecule has 1 aromatic carbocycles. The second-order valence-electron chi connectivity index (χ2n) is 6.29. The lowest BCUT2D eigenvalue weighted by Gasteiger charge is -2.35. The summed E-state index contributed by atoms with van der Waals surface area (Å²) in [6, 6.07) is 11.1. The number of rotatable bonds is 5. The Balaban J connectivity index is 2.09. The maximum atomic E-state index is 12.9. The Morgan fingerprint density at radius 2 is 2.10 bits per heavy atom. The minimum absolute atomic E-state index is 0.180. The van der Waals surface area contributed by atoms with Gasteiger partial charge in [-0.25, -0.2) is 0 Å². The van der Waals surface area contributed by atoms with E-state index in [1.54, 1.807) is 0 Å². The van der Waals surface area contributed by atoms with E-state index in [1.165, 1.54) is 5.56 Å². The molecule has 1 saturated heterocycles. The lowest BCUT2D eigenvalue weighted by atomic mass is 9.91. The summed E-state index contributed by atoms with van der Waals surface area (Å²) < 4.78 is 0. The highest BCUT2D eigenvalue weighted by molar-refractivity contribution is 5.79. The monoisotopic (exact) mass is 288 g/mol. The van der Waals surface area contributed by atoms with Gasteiger partial charge in [-0.15, -0.1) is 0 Å². The summed E-state index contributed by atoms with van der Waals surface area (Å²) in [4.78, 5) is 15.0. The Kier molecular flexibility index (Phi) is 5.80. The van der Waals surface area contributed by atoms with E-state index < -0.39 is 0 Å². The van der Waals surface area contributed by atoms with Crippen molar-refractivity contribution in [3.05, 3.63) is 35.9 Å². The van der Waals surface area contributed by atoms with E-state index in [-0.39, 0.29) is 5.92 Å². The SMILES string of the molecule is CCC(C)N(Cc1ccccc1)C(=O)[C@H]1CCN[C@@H](C)C1. The zero-order valence-electron chi connectivity index (χ0n) is 13.5. The number of amides is 1. The predicted molar refractivity (Wildman–Crippen MR) is 86.9 cm³/mol. The highest BCUT2D eigenvalue weighted by Crippen LogP contribution is 2.22. The summed E-state index contributed by atoms with van der Waals surface area (Å²) in [6.45, 7) is 8.17. The van der Waals surface area contributed by atoms with Crippen LogP contribution < -0.4 is 5.32 Å². The van der Waals surface area contributed by atoms with Gasteiger partial charge in [0.15, 0.2) is 0 Å². The first-order valence-electron chi connectivity index (χ1n) is 8.19. The molecule has 1 aliphatic heterocycles. The molecule has 0 aliphatic carbocycles. The van der Waals surface area contributed by atoms with Crippen molar-refractivity contribution in [2.45, 2.75) is 58.7 Å². The molecule has 0 saturated carbocycles. The minimum Gasteiger partial charge on any atom is -0.335 e. The van der Waals surface area contributed by atoms with Gasteiger partial charge in [0.1, 0.15) is 0 Å². The van der Waals surface area contributed by atoms with Gasteiger partial charge in [0.25, 0.3) is 0 Å². The molecule has 1 fully saturated rings. The minimum atomic E-state index is 0.180. The van der Waals surface area contributed by atoms with Crippen LogP contribution in [0.2, 0.25) is 0 Å². The maximum Gasteiger partial charge on any atom is 0.226 e. The molecule has 1 heterocycles. The predicted octanol–water partition coefficient (Wildman–Crippen LogP) is 3.20. The van der Waals surface area contributed by atoms with Crippen molar-refractivity contribution in [3.8, 4) is 0 Å². The standard InChI is InChI=1S/C18H28N2O/c1-4-15(3)20(13-16-8-6-5-7-9-16)18(21)17-10-11-19-14(2)12-17/h5-9,14-15,17,19H,4,10-13H2,1-3H3/t14-,15?,17-/m0/s1. The van der Waals surface area contributed by atoms with Gasteiger partial charge < -0.3 is 10.2 Å². The molecule has 3 heteroatoms. The van der Waals surface area contributed by atoms with Gasteiger partial charge in [-0.3, -0.25) is 4.79 Å². The average Bonchev–Trinajstić information content (AvgIpc) is 2.52. The molecule has 21 heavy (non-hydrogen) atoms. The number of hydrogen-bond acceptors (Lipinski definition) is 2. The molecule has 3 atom stereocenters. The van der Waals surface area contributed by atoms with Gasteiger partial charge in [-0.2, -0.15) is 0 Å². The maximum absolute atomic E-state index is 12.9. The van der Waals surface area contributed by atoms with E-state index in [1.807, 2.05) is 18.2 Å². The van der Waals surface area contributed by atoms with E-state index in [2.05, 4.69) is 43.1 Å². The van der Waals surface area contributed by atoms with Crippen LogP contribution >= 0.6 is 0 Å². The average molecular weight is 288 g/mol. The first-order valence-corrected chi connectivity index (χ1v) is 8.19. The fourth-order valence-electron chi connectivity index (χ4n) is 3.04. The summed E-state index contributed by atoms with van der Waals surface area (Å²) >= 11 is 0. The molecule has 2 rings (SSSR count). The molecule has 1 amide bonds. The van der Waals surface area contributed by atoms with Gasteiger partial charge in [-0.1, -0.05) is 37.3 Å². The summed E-state index contributed by atoms with van der Waals surface area (Å²) in [5.41, 5.74) is 1.22. The van der Waals surface area contributed by atoms with Crippen LogP contribution in [0, 0.1) is 5.92 Å². The van der Waals surface area contributed by atoms with Crippen molar-refractivity contribution in [3.63, 3.8) is 0 Å². The molecule has 1 aromatic rings. The number of carbonyl (C=O) groups is 1. The number of piperidine rings is 1. The van der Waals surface area contributed by atoms with Crippen LogP contribution in [0.3, 0.4) is 0 Å². The molecule has 0 radical (unpaired) electrons. The summed E-state index contributed by atoms with van der Waals surface area (Å²) in [7, 11) is 0. The molecule has 0 bridgehead atoms. The summed E-state index contributed by atoms with van der Waals surface area (Å²) in [6.07, 6.45) is 2.92. The van der Waals surface area contributed by atoms with Gasteiger partial charge in [0, 0.05) is 24.5 Å². The third-order valence-corrected chi connectivity index (χ3v) is 4.57. The van der Waals surface area contributed by atoms with Crippen molar-refractivity contribution in [1.82, 2.24) is 10.2 Å². The van der Waals surface area contributed by atoms with Crippen LogP contribution in [0.25, 0.3) is 0 Å². The molecule has 1 N–H and O–H groups in total. The Labute approximate surface area is 128 Å². The van der Waals surface area contributed by atoms with Crippen molar-refractivity contribution < 1.29 is 4.79 Å². The lowest BCUT2D eigenvalue weighted by Crippen LogP contribution is -2.46. The molecule has 1 aliphatic rings. The fourth-order valence-corrected chi connectivity index (χ4v) is 3.04. The topological polar surface area (TPSA) is 32.3 Å². The Morgan fingerprint density at radius 1 is 1.38 bits per heavy atom. The van der Waals surface area contributed by atoms with Crippen LogP contribution in [-0.2, 0) is 11.3 Å².